The molecular formula is C24H17N7O. The number of ether oxygens (including phenoxy) is 1. The second-order valence-electron chi connectivity index (χ2n) is 7.28. The Hall–Kier alpha value is -4.59. The number of nitrogens with one attached hydrogen (secondary N) is 2. The summed E-state index contributed by atoms with van der Waals surface area (Å²) < 4.78 is 5.38. The molecule has 154 valence electrons. The van der Waals surface area contributed by atoms with Crippen molar-refractivity contribution in [2.75, 3.05) is 7.11 Å². The smallest absolute Gasteiger partial charge is 0.162 e. The van der Waals surface area contributed by atoms with Gasteiger partial charge in [-0.15, -0.1) is 0 Å². The molecule has 0 atom stereocenters. The van der Waals surface area contributed by atoms with Crippen molar-refractivity contribution in [3.8, 4) is 39.7 Å². The quantitative estimate of drug-likeness (QED) is 0.431. The van der Waals surface area contributed by atoms with Crippen molar-refractivity contribution in [2.45, 2.75) is 0 Å². The highest BCUT2D eigenvalue weighted by atomic mass is 16.5. The summed E-state index contributed by atoms with van der Waals surface area (Å²) in [5.41, 5.74) is 7.35. The van der Waals surface area contributed by atoms with Crippen LogP contribution in [0.1, 0.15) is 0 Å². The van der Waals surface area contributed by atoms with Gasteiger partial charge in [0.2, 0.25) is 0 Å². The van der Waals surface area contributed by atoms with Crippen molar-refractivity contribution < 1.29 is 4.74 Å². The maximum atomic E-state index is 5.38. The van der Waals surface area contributed by atoms with E-state index in [2.05, 4.69) is 25.1 Å². The molecule has 32 heavy (non-hydrogen) atoms. The number of pyridine rings is 3. The van der Waals surface area contributed by atoms with Gasteiger partial charge in [-0.3, -0.25) is 10.1 Å². The average molecular weight is 419 g/mol. The fourth-order valence-electron chi connectivity index (χ4n) is 3.79. The van der Waals surface area contributed by atoms with Crippen LogP contribution in [0.3, 0.4) is 0 Å². The van der Waals surface area contributed by atoms with Crippen LogP contribution in [0, 0.1) is 0 Å². The summed E-state index contributed by atoms with van der Waals surface area (Å²) in [6, 6.07) is 17.6. The highest BCUT2D eigenvalue weighted by molar-refractivity contribution is 5.95. The topological polar surface area (TPSA) is 105 Å². The number of H-pyrrole nitrogens is 2. The molecule has 0 fully saturated rings. The van der Waals surface area contributed by atoms with Crippen LogP contribution in [0.15, 0.2) is 73.2 Å². The molecule has 0 amide bonds. The predicted molar refractivity (Wildman–Crippen MR) is 122 cm³/mol. The standard InChI is InChI=1S/C24H17N7O/c1-32-16-6-2-4-14(12-16)17-9-11-26-23-20(17)28-24(29-23)22-21-19(30-31-22)8-7-18(27-21)15-5-3-10-25-13-15/h2-13H,1H3,(H,30,31)(H,26,28,29). The van der Waals surface area contributed by atoms with Crippen molar-refractivity contribution in [2.24, 2.45) is 0 Å². The van der Waals surface area contributed by atoms with Crippen LogP contribution in [0.4, 0.5) is 0 Å². The summed E-state index contributed by atoms with van der Waals surface area (Å²) in [4.78, 5) is 21.6. The fourth-order valence-corrected chi connectivity index (χ4v) is 3.79. The molecule has 0 aliphatic carbocycles. The minimum Gasteiger partial charge on any atom is -0.497 e. The largest absolute Gasteiger partial charge is 0.497 e. The number of nitrogens with zero attached hydrogens (tertiary/aromatic N) is 5. The van der Waals surface area contributed by atoms with E-state index in [9.17, 15) is 0 Å². The molecule has 5 heterocycles. The van der Waals surface area contributed by atoms with Gasteiger partial charge in [0.15, 0.2) is 17.2 Å². The Balaban J connectivity index is 1.50. The number of benzene rings is 1. The summed E-state index contributed by atoms with van der Waals surface area (Å²) >= 11 is 0. The van der Waals surface area contributed by atoms with E-state index < -0.39 is 0 Å². The second kappa shape index (κ2) is 7.28. The first-order chi connectivity index (χ1) is 15.8. The monoisotopic (exact) mass is 419 g/mol. The van der Waals surface area contributed by atoms with Crippen LogP contribution in [0.2, 0.25) is 0 Å². The zero-order valence-corrected chi connectivity index (χ0v) is 17.1. The number of hydrogen-bond acceptors (Lipinski definition) is 6. The Morgan fingerprint density at radius 2 is 1.81 bits per heavy atom. The molecule has 0 bridgehead atoms. The van der Waals surface area contributed by atoms with E-state index >= 15 is 0 Å². The van der Waals surface area contributed by atoms with Gasteiger partial charge < -0.3 is 9.72 Å². The fraction of sp³-hybridized carbons (Fsp3) is 0.0417. The summed E-state index contributed by atoms with van der Waals surface area (Å²) in [5, 5.41) is 7.53. The Kier molecular flexibility index (Phi) is 4.14. The molecule has 0 spiro atoms. The van der Waals surface area contributed by atoms with Gasteiger partial charge >= 0.3 is 0 Å². The summed E-state index contributed by atoms with van der Waals surface area (Å²) in [5.74, 6) is 1.39. The molecular weight excluding hydrogens is 402 g/mol. The minimum atomic E-state index is 0.602. The maximum Gasteiger partial charge on any atom is 0.162 e. The molecule has 0 unspecified atom stereocenters. The Labute approximate surface area is 182 Å². The highest BCUT2D eigenvalue weighted by Gasteiger charge is 2.17. The normalized spacial score (nSPS) is 11.3. The van der Waals surface area contributed by atoms with Crippen molar-refractivity contribution in [3.05, 3.63) is 73.2 Å². The summed E-state index contributed by atoms with van der Waals surface area (Å²) in [7, 11) is 1.66. The number of methoxy groups -OCH3 is 1. The van der Waals surface area contributed by atoms with E-state index in [-0.39, 0.29) is 0 Å². The number of aromatic amines is 2. The Morgan fingerprint density at radius 1 is 0.875 bits per heavy atom. The van der Waals surface area contributed by atoms with Crippen LogP contribution < -0.4 is 4.74 Å². The van der Waals surface area contributed by atoms with Gasteiger partial charge in [-0.25, -0.2) is 15.0 Å². The third kappa shape index (κ3) is 2.97. The molecule has 0 aliphatic heterocycles. The summed E-state index contributed by atoms with van der Waals surface area (Å²) in [6.45, 7) is 0. The number of fused-ring (bicyclic) bond motifs is 2. The molecule has 2 N–H and O–H groups in total. The van der Waals surface area contributed by atoms with Gasteiger partial charge in [0.05, 0.1) is 18.3 Å². The molecule has 6 rings (SSSR count). The lowest BCUT2D eigenvalue weighted by molar-refractivity contribution is 0.415. The first-order valence-corrected chi connectivity index (χ1v) is 10.1. The summed E-state index contributed by atoms with van der Waals surface area (Å²) in [6.07, 6.45) is 5.30. The van der Waals surface area contributed by atoms with Gasteiger partial charge in [-0.1, -0.05) is 12.1 Å². The molecule has 0 saturated heterocycles. The molecule has 0 aliphatic rings. The lowest BCUT2D eigenvalue weighted by Crippen LogP contribution is -1.87. The molecule has 8 nitrogen and oxygen atoms in total. The third-order valence-corrected chi connectivity index (χ3v) is 5.35. The first-order valence-electron chi connectivity index (χ1n) is 10.1. The van der Waals surface area contributed by atoms with Crippen molar-refractivity contribution in [1.29, 1.82) is 0 Å². The SMILES string of the molecule is COc1cccc(-c2ccnc3[nH]c(-c4n[nH]c5ccc(-c6cccnc6)nc45)nc23)c1. The molecule has 6 aromatic rings. The van der Waals surface area contributed by atoms with E-state index in [0.717, 1.165) is 44.7 Å². The molecule has 0 radical (unpaired) electrons. The van der Waals surface area contributed by atoms with E-state index in [1.807, 2.05) is 54.6 Å². The average Bonchev–Trinajstić information content (AvgIpc) is 3.48. The zero-order chi connectivity index (χ0) is 21.5. The number of rotatable bonds is 4. The Bertz CT molecular complexity index is 1570. The van der Waals surface area contributed by atoms with Crippen LogP contribution in [0.25, 0.3) is 56.1 Å². The molecule has 0 saturated carbocycles. The van der Waals surface area contributed by atoms with Crippen molar-refractivity contribution >= 4 is 22.2 Å². The van der Waals surface area contributed by atoms with Gasteiger partial charge in [0.1, 0.15) is 16.8 Å². The second-order valence-corrected chi connectivity index (χ2v) is 7.28. The molecule has 5 aromatic heterocycles. The van der Waals surface area contributed by atoms with Crippen LogP contribution in [-0.2, 0) is 0 Å². The highest BCUT2D eigenvalue weighted by Crippen LogP contribution is 2.32. The van der Waals surface area contributed by atoms with Crippen molar-refractivity contribution in [3.63, 3.8) is 0 Å². The van der Waals surface area contributed by atoms with Gasteiger partial charge in [0, 0.05) is 29.7 Å². The third-order valence-electron chi connectivity index (χ3n) is 5.35. The van der Waals surface area contributed by atoms with E-state index in [1.54, 1.807) is 25.7 Å². The van der Waals surface area contributed by atoms with Gasteiger partial charge in [-0.2, -0.15) is 5.10 Å². The lowest BCUT2D eigenvalue weighted by Gasteiger charge is -2.04. The first kappa shape index (κ1) is 18.2. The van der Waals surface area contributed by atoms with Crippen LogP contribution in [-0.4, -0.2) is 42.2 Å². The van der Waals surface area contributed by atoms with Gasteiger partial charge in [0.25, 0.3) is 0 Å². The minimum absolute atomic E-state index is 0.602. The van der Waals surface area contributed by atoms with Crippen LogP contribution in [0.5, 0.6) is 5.75 Å². The van der Waals surface area contributed by atoms with E-state index in [4.69, 9.17) is 14.7 Å². The van der Waals surface area contributed by atoms with E-state index in [0.29, 0.717) is 17.2 Å². The molecule has 1 aromatic carbocycles. The zero-order valence-electron chi connectivity index (χ0n) is 17.1. The van der Waals surface area contributed by atoms with Crippen LogP contribution >= 0.6 is 0 Å². The lowest BCUT2D eigenvalue weighted by atomic mass is 10.1. The Morgan fingerprint density at radius 3 is 2.69 bits per heavy atom. The number of hydrogen-bond donors (Lipinski definition) is 2. The van der Waals surface area contributed by atoms with Crippen molar-refractivity contribution in [1.82, 2.24) is 35.1 Å². The van der Waals surface area contributed by atoms with Gasteiger partial charge in [-0.05, 0) is 48.0 Å². The van der Waals surface area contributed by atoms with E-state index in [1.165, 1.54) is 0 Å². The number of imidazole rings is 1. The number of aromatic nitrogens is 7. The predicted octanol–water partition coefficient (Wildman–Crippen LogP) is 4.63. The maximum absolute atomic E-state index is 5.38. The molecule has 8 heteroatoms.